The van der Waals surface area contributed by atoms with Gasteiger partial charge < -0.3 is 5.11 Å². The van der Waals surface area contributed by atoms with E-state index in [-0.39, 0.29) is 5.75 Å². The van der Waals surface area contributed by atoms with Crippen molar-refractivity contribution >= 4 is 45.4 Å². The summed E-state index contributed by atoms with van der Waals surface area (Å²) in [5.74, 6) is 0.222. The molecular weight excluding hydrogens is 331 g/mol. The van der Waals surface area contributed by atoms with Gasteiger partial charge in [-0.15, -0.1) is 0 Å². The third-order valence-corrected chi connectivity index (χ3v) is 4.30. The number of hydrogen-bond acceptors (Lipinski definition) is 3. The number of benzene rings is 3. The Labute approximate surface area is 144 Å². The van der Waals surface area contributed by atoms with Crippen LogP contribution in [0.4, 0.5) is 5.69 Å². The molecule has 0 atom stereocenters. The second-order valence-electron chi connectivity index (χ2n) is 5.12. The van der Waals surface area contributed by atoms with Crippen molar-refractivity contribution in [3.63, 3.8) is 0 Å². The van der Waals surface area contributed by atoms with Crippen LogP contribution in [0.3, 0.4) is 0 Å². The Kier molecular flexibility index (Phi) is 4.42. The van der Waals surface area contributed by atoms with E-state index in [0.29, 0.717) is 21.3 Å². The molecule has 5 heteroatoms. The van der Waals surface area contributed by atoms with Gasteiger partial charge in [0.15, 0.2) is 0 Å². The standard InChI is InChI=1S/C18H14Cl2N2O/c1-11(21-22-13-7-9-16(19)17(20)10-13)14-8-6-12-4-2-3-5-15(12)18(14)23/h2-10,22-23H,1H3. The zero-order valence-electron chi connectivity index (χ0n) is 12.3. The highest BCUT2D eigenvalue weighted by molar-refractivity contribution is 6.42. The van der Waals surface area contributed by atoms with E-state index < -0.39 is 0 Å². The highest BCUT2D eigenvalue weighted by Gasteiger charge is 2.08. The molecule has 0 aromatic heterocycles. The molecule has 0 bridgehead atoms. The molecule has 0 aliphatic rings. The minimum atomic E-state index is 0.222. The summed E-state index contributed by atoms with van der Waals surface area (Å²) in [6.45, 7) is 1.83. The van der Waals surface area contributed by atoms with E-state index in [1.165, 1.54) is 0 Å². The monoisotopic (exact) mass is 344 g/mol. The van der Waals surface area contributed by atoms with Gasteiger partial charge in [0.05, 0.1) is 21.4 Å². The molecule has 0 aliphatic carbocycles. The first-order chi connectivity index (χ1) is 11.1. The molecule has 0 saturated heterocycles. The van der Waals surface area contributed by atoms with E-state index in [9.17, 15) is 5.11 Å². The lowest BCUT2D eigenvalue weighted by atomic mass is 10.0. The van der Waals surface area contributed by atoms with E-state index in [0.717, 1.165) is 16.5 Å². The van der Waals surface area contributed by atoms with Crippen molar-refractivity contribution in [2.75, 3.05) is 5.43 Å². The van der Waals surface area contributed by atoms with Crippen LogP contribution in [0.15, 0.2) is 59.7 Å². The highest BCUT2D eigenvalue weighted by Crippen LogP contribution is 2.29. The van der Waals surface area contributed by atoms with Gasteiger partial charge in [-0.25, -0.2) is 0 Å². The normalized spacial score (nSPS) is 11.7. The Morgan fingerprint density at radius 3 is 2.57 bits per heavy atom. The molecular formula is C18H14Cl2N2O. The first-order valence-corrected chi connectivity index (χ1v) is 7.78. The Hall–Kier alpha value is -2.23. The van der Waals surface area contributed by atoms with Crippen LogP contribution in [0.5, 0.6) is 5.75 Å². The van der Waals surface area contributed by atoms with E-state index >= 15 is 0 Å². The van der Waals surface area contributed by atoms with Gasteiger partial charge in [0.25, 0.3) is 0 Å². The van der Waals surface area contributed by atoms with Crippen LogP contribution in [0.1, 0.15) is 12.5 Å². The summed E-state index contributed by atoms with van der Waals surface area (Å²) >= 11 is 11.9. The molecule has 3 aromatic carbocycles. The summed E-state index contributed by atoms with van der Waals surface area (Å²) in [4.78, 5) is 0. The third-order valence-electron chi connectivity index (χ3n) is 3.56. The number of phenols is 1. The SMILES string of the molecule is CC(=NNc1ccc(Cl)c(Cl)c1)c1ccc2ccccc2c1O. The number of anilines is 1. The fourth-order valence-electron chi connectivity index (χ4n) is 2.32. The zero-order valence-corrected chi connectivity index (χ0v) is 13.9. The zero-order chi connectivity index (χ0) is 16.4. The molecule has 3 rings (SSSR count). The summed E-state index contributed by atoms with van der Waals surface area (Å²) in [6.07, 6.45) is 0. The molecule has 0 amide bonds. The predicted octanol–water partition coefficient (Wildman–Crippen LogP) is 5.69. The minimum Gasteiger partial charge on any atom is -0.507 e. The lowest BCUT2D eigenvalue weighted by molar-refractivity contribution is 0.480. The van der Waals surface area contributed by atoms with Crippen LogP contribution in [0.2, 0.25) is 10.0 Å². The molecule has 0 radical (unpaired) electrons. The fourth-order valence-corrected chi connectivity index (χ4v) is 2.62. The quantitative estimate of drug-likeness (QED) is 0.473. The van der Waals surface area contributed by atoms with Crippen molar-refractivity contribution in [1.82, 2.24) is 0 Å². The van der Waals surface area contributed by atoms with Crippen molar-refractivity contribution < 1.29 is 5.11 Å². The van der Waals surface area contributed by atoms with Gasteiger partial charge in [-0.05, 0) is 36.6 Å². The topological polar surface area (TPSA) is 44.6 Å². The van der Waals surface area contributed by atoms with Crippen molar-refractivity contribution in [2.45, 2.75) is 6.92 Å². The summed E-state index contributed by atoms with van der Waals surface area (Å²) in [5.41, 5.74) is 4.98. The molecule has 0 spiro atoms. The van der Waals surface area contributed by atoms with Crippen LogP contribution < -0.4 is 5.43 Å². The Morgan fingerprint density at radius 1 is 1.00 bits per heavy atom. The molecule has 0 aliphatic heterocycles. The molecule has 3 nitrogen and oxygen atoms in total. The average Bonchev–Trinajstić information content (AvgIpc) is 2.56. The minimum absolute atomic E-state index is 0.222. The van der Waals surface area contributed by atoms with Crippen molar-refractivity contribution in [3.8, 4) is 5.75 Å². The average molecular weight is 345 g/mol. The van der Waals surface area contributed by atoms with Gasteiger partial charge in [0.2, 0.25) is 0 Å². The lowest BCUT2D eigenvalue weighted by Gasteiger charge is -2.09. The summed E-state index contributed by atoms with van der Waals surface area (Å²) in [5, 5.41) is 17.5. The maximum Gasteiger partial charge on any atom is 0.132 e. The van der Waals surface area contributed by atoms with Crippen molar-refractivity contribution in [2.24, 2.45) is 5.10 Å². The molecule has 116 valence electrons. The first kappa shape index (κ1) is 15.7. The smallest absolute Gasteiger partial charge is 0.132 e. The van der Waals surface area contributed by atoms with E-state index in [2.05, 4.69) is 10.5 Å². The van der Waals surface area contributed by atoms with Crippen LogP contribution in [-0.2, 0) is 0 Å². The fraction of sp³-hybridized carbons (Fsp3) is 0.0556. The van der Waals surface area contributed by atoms with Crippen LogP contribution in [-0.4, -0.2) is 10.8 Å². The molecule has 23 heavy (non-hydrogen) atoms. The van der Waals surface area contributed by atoms with Crippen LogP contribution in [0.25, 0.3) is 10.8 Å². The summed E-state index contributed by atoms with van der Waals surface area (Å²) in [6, 6.07) is 16.7. The second-order valence-corrected chi connectivity index (χ2v) is 5.94. The van der Waals surface area contributed by atoms with Crippen molar-refractivity contribution in [3.05, 3.63) is 70.2 Å². The Morgan fingerprint density at radius 2 is 1.78 bits per heavy atom. The maximum atomic E-state index is 10.5. The molecule has 0 saturated carbocycles. The summed E-state index contributed by atoms with van der Waals surface area (Å²) < 4.78 is 0. The highest BCUT2D eigenvalue weighted by atomic mass is 35.5. The molecule has 3 aromatic rings. The Balaban J connectivity index is 1.91. The third kappa shape index (κ3) is 3.26. The number of nitrogens with zero attached hydrogens (tertiary/aromatic N) is 1. The van der Waals surface area contributed by atoms with Crippen LogP contribution in [0, 0.1) is 0 Å². The first-order valence-electron chi connectivity index (χ1n) is 7.02. The number of phenolic OH excluding ortho intramolecular Hbond substituents is 1. The Bertz CT molecular complexity index is 907. The molecule has 0 unspecified atom stereocenters. The van der Waals surface area contributed by atoms with Gasteiger partial charge in [-0.3, -0.25) is 5.43 Å². The van der Waals surface area contributed by atoms with Gasteiger partial charge in [-0.2, -0.15) is 5.10 Å². The maximum absolute atomic E-state index is 10.5. The van der Waals surface area contributed by atoms with Gasteiger partial charge in [0, 0.05) is 10.9 Å². The summed E-state index contributed by atoms with van der Waals surface area (Å²) in [7, 11) is 0. The predicted molar refractivity (Wildman–Crippen MR) is 97.9 cm³/mol. The van der Waals surface area contributed by atoms with E-state index in [1.54, 1.807) is 18.2 Å². The second kappa shape index (κ2) is 6.49. The van der Waals surface area contributed by atoms with E-state index in [4.69, 9.17) is 23.2 Å². The number of halogens is 2. The van der Waals surface area contributed by atoms with E-state index in [1.807, 2.05) is 43.3 Å². The van der Waals surface area contributed by atoms with Gasteiger partial charge >= 0.3 is 0 Å². The lowest BCUT2D eigenvalue weighted by Crippen LogP contribution is -2.00. The van der Waals surface area contributed by atoms with Gasteiger partial charge in [-0.1, -0.05) is 53.5 Å². The number of rotatable bonds is 3. The number of hydrogen-bond donors (Lipinski definition) is 2. The van der Waals surface area contributed by atoms with Gasteiger partial charge in [0.1, 0.15) is 5.75 Å². The number of nitrogens with one attached hydrogen (secondary N) is 1. The number of hydrazone groups is 1. The molecule has 0 heterocycles. The molecule has 2 N–H and O–H groups in total. The number of fused-ring (bicyclic) bond motifs is 1. The van der Waals surface area contributed by atoms with Crippen molar-refractivity contribution in [1.29, 1.82) is 0 Å². The van der Waals surface area contributed by atoms with Crippen LogP contribution >= 0.6 is 23.2 Å². The largest absolute Gasteiger partial charge is 0.507 e. The molecule has 0 fully saturated rings. The number of aromatic hydroxyl groups is 1.